The molecule has 5 nitrogen and oxygen atoms in total. The maximum atomic E-state index is 12.6. The lowest BCUT2D eigenvalue weighted by atomic mass is 9.84. The van der Waals surface area contributed by atoms with Crippen LogP contribution in [-0.2, 0) is 9.59 Å². The monoisotopic (exact) mass is 489 g/mol. The molecule has 1 aliphatic heterocycles. The van der Waals surface area contributed by atoms with Gasteiger partial charge in [0.2, 0.25) is 11.8 Å². The van der Waals surface area contributed by atoms with Crippen LogP contribution in [0.5, 0.6) is 0 Å². The van der Waals surface area contributed by atoms with E-state index in [1.54, 1.807) is 0 Å². The molecule has 0 unspecified atom stereocenters. The number of hydrogen-bond donors (Lipinski definition) is 2. The lowest BCUT2D eigenvalue weighted by Gasteiger charge is -2.22. The summed E-state index contributed by atoms with van der Waals surface area (Å²) in [4.78, 5) is 29.7. The number of anilines is 1. The maximum Gasteiger partial charge on any atom is 0.240 e. The summed E-state index contributed by atoms with van der Waals surface area (Å²) < 4.78 is 0. The van der Waals surface area contributed by atoms with Gasteiger partial charge in [-0.1, -0.05) is 74.6 Å². The van der Waals surface area contributed by atoms with E-state index in [0.29, 0.717) is 17.0 Å². The quantitative estimate of drug-likeness (QED) is 0.458. The zero-order valence-corrected chi connectivity index (χ0v) is 21.1. The number of hydrogen-bond acceptors (Lipinski definition) is 4. The first kappa shape index (κ1) is 24.1. The summed E-state index contributed by atoms with van der Waals surface area (Å²) in [5.41, 5.74) is 4.36. The van der Waals surface area contributed by atoms with Gasteiger partial charge in [-0.3, -0.25) is 9.59 Å². The van der Waals surface area contributed by atoms with Crippen molar-refractivity contribution in [3.8, 4) is 0 Å². The highest BCUT2D eigenvalue weighted by molar-refractivity contribution is 8.15. The van der Waals surface area contributed by atoms with Crippen LogP contribution in [0.4, 0.5) is 11.4 Å². The molecule has 2 N–H and O–H groups in total. The van der Waals surface area contributed by atoms with Gasteiger partial charge >= 0.3 is 0 Å². The molecular weight excluding hydrogens is 454 g/mol. The van der Waals surface area contributed by atoms with E-state index < -0.39 is 5.25 Å². The van der Waals surface area contributed by atoms with Gasteiger partial charge in [0, 0.05) is 12.1 Å². The van der Waals surface area contributed by atoms with Crippen molar-refractivity contribution in [2.45, 2.75) is 87.7 Å². The van der Waals surface area contributed by atoms with Crippen LogP contribution in [0.2, 0.25) is 0 Å². The summed E-state index contributed by atoms with van der Waals surface area (Å²) in [7, 11) is 0. The Morgan fingerprint density at radius 3 is 1.94 bits per heavy atom. The zero-order valence-electron chi connectivity index (χ0n) is 20.3. The Balaban J connectivity index is 1.13. The van der Waals surface area contributed by atoms with Crippen molar-refractivity contribution in [3.63, 3.8) is 0 Å². The van der Waals surface area contributed by atoms with E-state index in [4.69, 9.17) is 0 Å². The van der Waals surface area contributed by atoms with Gasteiger partial charge in [0.1, 0.15) is 5.25 Å². The van der Waals surface area contributed by atoms with Crippen LogP contribution in [0.1, 0.15) is 93.6 Å². The second-order valence-corrected chi connectivity index (χ2v) is 11.3. The van der Waals surface area contributed by atoms with Crippen molar-refractivity contribution in [1.82, 2.24) is 5.32 Å². The van der Waals surface area contributed by atoms with Gasteiger partial charge in [-0.25, -0.2) is 4.99 Å². The highest BCUT2D eigenvalue weighted by atomic mass is 32.2. The molecule has 0 radical (unpaired) electrons. The molecule has 5 rings (SSSR count). The third-order valence-electron chi connectivity index (χ3n) is 7.62. The fourth-order valence-corrected chi connectivity index (χ4v) is 6.61. The summed E-state index contributed by atoms with van der Waals surface area (Å²) in [6.45, 7) is 0. The Kier molecular flexibility index (Phi) is 7.87. The number of thioether (sulfide) groups is 1. The average Bonchev–Trinajstić information content (AvgIpc) is 3.24. The Labute approximate surface area is 212 Å². The number of nitrogens with zero attached hydrogens (tertiary/aromatic N) is 1. The molecule has 0 bridgehead atoms. The standard InChI is InChI=1S/C29H35N3O2S/c33-27(30-24-15-11-22(12-16-24)20-7-3-1-4-8-20)19-26-28(34)32-29(35-26)31-25-17-13-23(14-18-25)21-9-5-2-6-10-21/h11-18,20-21,26H,1-10,19H2,(H,30,33)(H,31,32,34)/t26-/m0/s1. The van der Waals surface area contributed by atoms with Gasteiger partial charge in [0.15, 0.2) is 5.17 Å². The largest absolute Gasteiger partial charge is 0.326 e. The van der Waals surface area contributed by atoms with Gasteiger partial charge in [-0.2, -0.15) is 0 Å². The van der Waals surface area contributed by atoms with E-state index in [1.807, 2.05) is 24.3 Å². The van der Waals surface area contributed by atoms with Crippen molar-refractivity contribution >= 4 is 40.1 Å². The molecule has 2 saturated carbocycles. The van der Waals surface area contributed by atoms with Crippen LogP contribution in [0.3, 0.4) is 0 Å². The van der Waals surface area contributed by atoms with Crippen LogP contribution in [0, 0.1) is 0 Å². The van der Waals surface area contributed by atoms with Crippen molar-refractivity contribution in [1.29, 1.82) is 0 Å². The minimum atomic E-state index is -0.461. The van der Waals surface area contributed by atoms with E-state index in [1.165, 1.54) is 87.1 Å². The first-order valence-corrected chi connectivity index (χ1v) is 14.1. The molecule has 184 valence electrons. The number of amidine groups is 1. The molecule has 2 aromatic rings. The topological polar surface area (TPSA) is 70.6 Å². The summed E-state index contributed by atoms with van der Waals surface area (Å²) in [5, 5.41) is 5.89. The number of nitrogens with one attached hydrogen (secondary N) is 2. The van der Waals surface area contributed by atoms with Gasteiger partial charge in [0.05, 0.1) is 5.69 Å². The summed E-state index contributed by atoms with van der Waals surface area (Å²) in [6.07, 6.45) is 13.1. The molecule has 2 aromatic carbocycles. The number of rotatable bonds is 6. The number of carbonyl (C=O) groups is 2. The second kappa shape index (κ2) is 11.4. The Morgan fingerprint density at radius 1 is 0.829 bits per heavy atom. The SMILES string of the molecule is O=C(C[C@@H]1SC(=Nc2ccc(C3CCCCC3)cc2)NC1=O)Nc1ccc(C2CCCCC2)cc1. The Morgan fingerprint density at radius 2 is 1.37 bits per heavy atom. The van der Waals surface area contributed by atoms with E-state index >= 15 is 0 Å². The average molecular weight is 490 g/mol. The van der Waals surface area contributed by atoms with Gasteiger partial charge in [-0.05, 0) is 72.9 Å². The molecule has 1 heterocycles. The number of benzene rings is 2. The number of amides is 2. The lowest BCUT2D eigenvalue weighted by Crippen LogP contribution is -2.28. The summed E-state index contributed by atoms with van der Waals surface area (Å²) in [6, 6.07) is 16.6. The minimum absolute atomic E-state index is 0.126. The molecule has 0 spiro atoms. The van der Waals surface area contributed by atoms with Crippen molar-refractivity contribution in [3.05, 3.63) is 59.7 Å². The van der Waals surface area contributed by atoms with Crippen LogP contribution >= 0.6 is 11.8 Å². The third-order valence-corrected chi connectivity index (χ3v) is 8.70. The molecule has 6 heteroatoms. The van der Waals surface area contributed by atoms with Crippen LogP contribution < -0.4 is 10.6 Å². The normalized spacial score (nSPS) is 22.8. The predicted octanol–water partition coefficient (Wildman–Crippen LogP) is 7.03. The molecular formula is C29H35N3O2S. The molecule has 2 amide bonds. The fourth-order valence-electron chi connectivity index (χ4n) is 5.62. The predicted molar refractivity (Wildman–Crippen MR) is 144 cm³/mol. The highest BCUT2D eigenvalue weighted by Crippen LogP contribution is 2.34. The summed E-state index contributed by atoms with van der Waals surface area (Å²) in [5.74, 6) is 1.00. The molecule has 3 aliphatic rings. The van der Waals surface area contributed by atoms with E-state index in [-0.39, 0.29) is 18.2 Å². The molecule has 1 saturated heterocycles. The second-order valence-electron chi connectivity index (χ2n) is 10.1. The van der Waals surface area contributed by atoms with Crippen molar-refractivity contribution in [2.75, 3.05) is 5.32 Å². The molecule has 0 aromatic heterocycles. The van der Waals surface area contributed by atoms with Gasteiger partial charge in [0.25, 0.3) is 0 Å². The Bertz CT molecular complexity index is 1050. The van der Waals surface area contributed by atoms with Gasteiger partial charge in [-0.15, -0.1) is 0 Å². The minimum Gasteiger partial charge on any atom is -0.326 e. The Hall–Kier alpha value is -2.60. The number of aliphatic imine (C=N–C) groups is 1. The van der Waals surface area contributed by atoms with Crippen molar-refractivity contribution < 1.29 is 9.59 Å². The molecule has 1 atom stereocenters. The first-order chi connectivity index (χ1) is 17.1. The van der Waals surface area contributed by atoms with Crippen LogP contribution in [0.15, 0.2) is 53.5 Å². The van der Waals surface area contributed by atoms with Crippen LogP contribution in [0.25, 0.3) is 0 Å². The van der Waals surface area contributed by atoms with Crippen LogP contribution in [-0.4, -0.2) is 22.2 Å². The first-order valence-electron chi connectivity index (χ1n) is 13.2. The third kappa shape index (κ3) is 6.35. The highest BCUT2D eigenvalue weighted by Gasteiger charge is 2.32. The molecule has 3 fully saturated rings. The van der Waals surface area contributed by atoms with E-state index in [2.05, 4.69) is 39.9 Å². The maximum absolute atomic E-state index is 12.6. The molecule has 35 heavy (non-hydrogen) atoms. The lowest BCUT2D eigenvalue weighted by molar-refractivity contribution is -0.122. The van der Waals surface area contributed by atoms with E-state index in [0.717, 1.165) is 11.4 Å². The zero-order chi connectivity index (χ0) is 24.0. The fraction of sp³-hybridized carbons (Fsp3) is 0.483. The van der Waals surface area contributed by atoms with E-state index in [9.17, 15) is 9.59 Å². The smallest absolute Gasteiger partial charge is 0.240 e. The van der Waals surface area contributed by atoms with Gasteiger partial charge < -0.3 is 10.6 Å². The number of carbonyl (C=O) groups excluding carboxylic acids is 2. The summed E-state index contributed by atoms with van der Waals surface area (Å²) >= 11 is 1.33. The molecule has 2 aliphatic carbocycles. The van der Waals surface area contributed by atoms with Crippen molar-refractivity contribution in [2.24, 2.45) is 4.99 Å².